The van der Waals surface area contributed by atoms with Crippen molar-refractivity contribution >= 4 is 10.0 Å². The third-order valence-electron chi connectivity index (χ3n) is 2.47. The van der Waals surface area contributed by atoms with Crippen LogP contribution in [0.25, 0.3) is 0 Å². The van der Waals surface area contributed by atoms with E-state index >= 15 is 0 Å². The number of rotatable bonds is 7. The van der Waals surface area contributed by atoms with Crippen LogP contribution in [0, 0.1) is 5.92 Å². The molecule has 0 radical (unpaired) electrons. The summed E-state index contributed by atoms with van der Waals surface area (Å²) in [6.45, 7) is 4.14. The van der Waals surface area contributed by atoms with E-state index < -0.39 is 10.0 Å². The first-order valence-electron chi connectivity index (χ1n) is 5.64. The highest BCUT2D eigenvalue weighted by atomic mass is 32.2. The lowest BCUT2D eigenvalue weighted by atomic mass is 10.1. The predicted octanol–water partition coefficient (Wildman–Crippen LogP) is 0.269. The summed E-state index contributed by atoms with van der Waals surface area (Å²) >= 11 is 0. The van der Waals surface area contributed by atoms with Gasteiger partial charge in [-0.05, 0) is 12.3 Å². The summed E-state index contributed by atoms with van der Waals surface area (Å²) in [4.78, 5) is 6.70. The van der Waals surface area contributed by atoms with Gasteiger partial charge in [-0.2, -0.15) is 0 Å². The number of aryl methyl sites for hydroxylation is 1. The Morgan fingerprint density at radius 1 is 1.59 bits per heavy atom. The molecule has 0 fully saturated rings. The zero-order valence-electron chi connectivity index (χ0n) is 10.1. The Bertz CT molecular complexity index is 441. The van der Waals surface area contributed by atoms with Crippen LogP contribution in [0.5, 0.6) is 0 Å². The van der Waals surface area contributed by atoms with Crippen molar-refractivity contribution in [3.63, 3.8) is 0 Å². The molecule has 0 bridgehead atoms. The van der Waals surface area contributed by atoms with Crippen LogP contribution >= 0.6 is 0 Å². The Morgan fingerprint density at radius 3 is 2.82 bits per heavy atom. The number of aliphatic hydroxyl groups is 1. The number of aliphatic hydroxyl groups excluding tert-OH is 1. The molecule has 1 aromatic rings. The van der Waals surface area contributed by atoms with Crippen LogP contribution < -0.4 is 4.72 Å². The molecule has 6 nitrogen and oxygen atoms in total. The van der Waals surface area contributed by atoms with Crippen molar-refractivity contribution in [2.75, 3.05) is 13.2 Å². The van der Waals surface area contributed by atoms with Crippen LogP contribution in [0.15, 0.2) is 11.2 Å². The molecule has 98 valence electrons. The summed E-state index contributed by atoms with van der Waals surface area (Å²) in [6, 6.07) is 0. The zero-order chi connectivity index (χ0) is 12.9. The van der Waals surface area contributed by atoms with Crippen molar-refractivity contribution in [3.05, 3.63) is 12.0 Å². The molecular formula is C10H19N3O3S. The van der Waals surface area contributed by atoms with Gasteiger partial charge < -0.3 is 10.1 Å². The minimum absolute atomic E-state index is 0.0624. The first kappa shape index (κ1) is 14.1. The average molecular weight is 261 g/mol. The SMILES string of the molecule is CCc1ncc(S(=O)(=O)NCC(C)CCO)[nH]1. The van der Waals surface area contributed by atoms with Crippen LogP contribution in [0.2, 0.25) is 0 Å². The second-order valence-electron chi connectivity index (χ2n) is 4.02. The molecule has 0 aliphatic heterocycles. The molecule has 0 saturated carbocycles. The minimum atomic E-state index is -3.51. The molecule has 0 aliphatic carbocycles. The molecule has 0 spiro atoms. The number of sulfonamides is 1. The molecule has 7 heteroatoms. The number of aromatic nitrogens is 2. The molecule has 1 aromatic heterocycles. The summed E-state index contributed by atoms with van der Waals surface area (Å²) < 4.78 is 26.1. The molecule has 1 heterocycles. The maximum atomic E-state index is 11.8. The molecule has 1 rings (SSSR count). The minimum Gasteiger partial charge on any atom is -0.396 e. The standard InChI is InChI=1S/C10H19N3O3S/c1-3-9-11-7-10(13-9)17(15,16)12-6-8(2)4-5-14/h7-8,12,14H,3-6H2,1-2H3,(H,11,13). The van der Waals surface area contributed by atoms with E-state index in [1.165, 1.54) is 6.20 Å². The predicted molar refractivity (Wildman–Crippen MR) is 64.0 cm³/mol. The Kier molecular flexibility index (Phi) is 5.10. The molecule has 1 atom stereocenters. The number of nitrogens with zero attached hydrogens (tertiary/aromatic N) is 1. The van der Waals surface area contributed by atoms with E-state index in [9.17, 15) is 8.42 Å². The summed E-state index contributed by atoms with van der Waals surface area (Å²) in [5.41, 5.74) is 0. The van der Waals surface area contributed by atoms with Crippen molar-refractivity contribution in [2.24, 2.45) is 5.92 Å². The van der Waals surface area contributed by atoms with Crippen LogP contribution in [0.4, 0.5) is 0 Å². The molecule has 0 aliphatic rings. The van der Waals surface area contributed by atoms with Crippen LogP contribution in [-0.2, 0) is 16.4 Å². The highest BCUT2D eigenvalue weighted by Gasteiger charge is 2.17. The maximum absolute atomic E-state index is 11.8. The summed E-state index contributed by atoms with van der Waals surface area (Å²) in [7, 11) is -3.51. The summed E-state index contributed by atoms with van der Waals surface area (Å²) in [5.74, 6) is 0.747. The Labute approximate surface area is 102 Å². The average Bonchev–Trinajstić information content (AvgIpc) is 2.76. The number of imidazole rings is 1. The number of H-pyrrole nitrogens is 1. The zero-order valence-corrected chi connectivity index (χ0v) is 10.9. The van der Waals surface area contributed by atoms with E-state index in [1.54, 1.807) is 0 Å². The fourth-order valence-corrected chi connectivity index (χ4v) is 2.41. The highest BCUT2D eigenvalue weighted by Crippen LogP contribution is 2.07. The highest BCUT2D eigenvalue weighted by molar-refractivity contribution is 7.89. The third-order valence-corrected chi connectivity index (χ3v) is 3.81. The van der Waals surface area contributed by atoms with Gasteiger partial charge in [0.25, 0.3) is 10.0 Å². The van der Waals surface area contributed by atoms with E-state index in [-0.39, 0.29) is 17.6 Å². The van der Waals surface area contributed by atoms with E-state index in [0.29, 0.717) is 25.2 Å². The molecule has 17 heavy (non-hydrogen) atoms. The van der Waals surface area contributed by atoms with Crippen molar-refractivity contribution in [1.29, 1.82) is 0 Å². The van der Waals surface area contributed by atoms with Crippen molar-refractivity contribution < 1.29 is 13.5 Å². The van der Waals surface area contributed by atoms with Gasteiger partial charge in [0.15, 0.2) is 5.03 Å². The van der Waals surface area contributed by atoms with Gasteiger partial charge in [-0.3, -0.25) is 0 Å². The van der Waals surface area contributed by atoms with Crippen molar-refractivity contribution in [2.45, 2.75) is 31.7 Å². The first-order valence-corrected chi connectivity index (χ1v) is 7.12. The van der Waals surface area contributed by atoms with Gasteiger partial charge in [-0.15, -0.1) is 0 Å². The van der Waals surface area contributed by atoms with Crippen LogP contribution in [0.1, 0.15) is 26.1 Å². The molecular weight excluding hydrogens is 242 g/mol. The normalized spacial score (nSPS) is 13.8. The monoisotopic (exact) mass is 261 g/mol. The van der Waals surface area contributed by atoms with E-state index in [0.717, 1.165) is 0 Å². The Morgan fingerprint density at radius 2 is 2.29 bits per heavy atom. The van der Waals surface area contributed by atoms with E-state index in [2.05, 4.69) is 14.7 Å². The second kappa shape index (κ2) is 6.13. The van der Waals surface area contributed by atoms with Gasteiger partial charge in [0.2, 0.25) is 0 Å². The van der Waals surface area contributed by atoms with Gasteiger partial charge >= 0.3 is 0 Å². The Hall–Kier alpha value is -0.920. The smallest absolute Gasteiger partial charge is 0.257 e. The van der Waals surface area contributed by atoms with Gasteiger partial charge in [0.05, 0.1) is 6.20 Å². The molecule has 3 N–H and O–H groups in total. The topological polar surface area (TPSA) is 95.1 Å². The van der Waals surface area contributed by atoms with E-state index in [4.69, 9.17) is 5.11 Å². The Balaban J connectivity index is 2.62. The lowest BCUT2D eigenvalue weighted by Gasteiger charge is -2.10. The quantitative estimate of drug-likeness (QED) is 0.656. The van der Waals surface area contributed by atoms with Crippen LogP contribution in [0.3, 0.4) is 0 Å². The van der Waals surface area contributed by atoms with Crippen molar-refractivity contribution in [3.8, 4) is 0 Å². The molecule has 0 aromatic carbocycles. The molecule has 0 saturated heterocycles. The van der Waals surface area contributed by atoms with Crippen LogP contribution in [-0.4, -0.2) is 36.6 Å². The summed E-state index contributed by atoms with van der Waals surface area (Å²) in [5, 5.41) is 8.81. The molecule has 0 amide bonds. The summed E-state index contributed by atoms with van der Waals surface area (Å²) in [6.07, 6.45) is 2.56. The number of aromatic amines is 1. The lowest BCUT2D eigenvalue weighted by molar-refractivity contribution is 0.263. The fourth-order valence-electron chi connectivity index (χ4n) is 1.31. The van der Waals surface area contributed by atoms with Gasteiger partial charge in [-0.25, -0.2) is 18.1 Å². The maximum Gasteiger partial charge on any atom is 0.257 e. The third kappa shape index (κ3) is 4.10. The second-order valence-corrected chi connectivity index (χ2v) is 5.75. The van der Waals surface area contributed by atoms with Gasteiger partial charge in [-0.1, -0.05) is 13.8 Å². The number of hydrogen-bond donors (Lipinski definition) is 3. The van der Waals surface area contributed by atoms with Gasteiger partial charge in [0, 0.05) is 19.6 Å². The van der Waals surface area contributed by atoms with Gasteiger partial charge in [0.1, 0.15) is 5.82 Å². The molecule has 1 unspecified atom stereocenters. The first-order chi connectivity index (χ1) is 7.99. The number of nitrogens with one attached hydrogen (secondary N) is 2. The van der Waals surface area contributed by atoms with Crippen molar-refractivity contribution in [1.82, 2.24) is 14.7 Å². The number of hydrogen-bond acceptors (Lipinski definition) is 4. The largest absolute Gasteiger partial charge is 0.396 e. The lowest BCUT2D eigenvalue weighted by Crippen LogP contribution is -2.29. The van der Waals surface area contributed by atoms with E-state index in [1.807, 2.05) is 13.8 Å². The fraction of sp³-hybridized carbons (Fsp3) is 0.700.